The van der Waals surface area contributed by atoms with Gasteiger partial charge < -0.3 is 10.2 Å². The number of hydrogen-bond acceptors (Lipinski definition) is 3. The first kappa shape index (κ1) is 13.2. The summed E-state index contributed by atoms with van der Waals surface area (Å²) in [6.07, 6.45) is 3.65. The van der Waals surface area contributed by atoms with Gasteiger partial charge in [-0.3, -0.25) is 4.99 Å². The molecule has 0 aromatic carbocycles. The summed E-state index contributed by atoms with van der Waals surface area (Å²) in [4.78, 5) is 7.36. The molecule has 2 aliphatic rings. The fraction of sp³-hybridized carbons (Fsp3) is 0.923. The van der Waals surface area contributed by atoms with Crippen molar-refractivity contribution in [2.45, 2.75) is 63.4 Å². The Labute approximate surface area is 109 Å². The van der Waals surface area contributed by atoms with Crippen LogP contribution < -0.4 is 5.32 Å². The van der Waals surface area contributed by atoms with E-state index in [0.29, 0.717) is 23.4 Å². The van der Waals surface area contributed by atoms with Gasteiger partial charge in [-0.2, -0.15) is 0 Å². The molecule has 2 aliphatic heterocycles. The maximum atomic E-state index is 4.92. The van der Waals surface area contributed by atoms with Gasteiger partial charge in [0, 0.05) is 23.9 Å². The van der Waals surface area contributed by atoms with Gasteiger partial charge >= 0.3 is 0 Å². The first-order valence-electron chi connectivity index (χ1n) is 6.76. The zero-order valence-corrected chi connectivity index (χ0v) is 12.3. The number of aliphatic imine (C=N–C) groups is 1. The second-order valence-corrected chi connectivity index (χ2v) is 7.08. The number of nitrogens with one attached hydrogen (secondary N) is 1. The van der Waals surface area contributed by atoms with Crippen LogP contribution in [0.25, 0.3) is 0 Å². The minimum absolute atomic E-state index is 0.522. The van der Waals surface area contributed by atoms with Gasteiger partial charge in [0.2, 0.25) is 0 Å². The van der Waals surface area contributed by atoms with E-state index in [1.54, 1.807) is 0 Å². The van der Waals surface area contributed by atoms with Gasteiger partial charge in [-0.1, -0.05) is 18.7 Å². The zero-order valence-electron chi connectivity index (χ0n) is 11.4. The summed E-state index contributed by atoms with van der Waals surface area (Å²) in [6, 6.07) is 1.77. The van der Waals surface area contributed by atoms with Crippen LogP contribution in [0.5, 0.6) is 0 Å². The lowest BCUT2D eigenvalue weighted by Gasteiger charge is -2.34. The Kier molecular flexibility index (Phi) is 4.36. The summed E-state index contributed by atoms with van der Waals surface area (Å²) in [5, 5.41) is 5.40. The molecule has 17 heavy (non-hydrogen) atoms. The third-order valence-electron chi connectivity index (χ3n) is 3.85. The molecule has 0 amide bonds. The third-order valence-corrected chi connectivity index (χ3v) is 4.89. The number of nitrogens with zero attached hydrogens (tertiary/aromatic N) is 2. The summed E-state index contributed by atoms with van der Waals surface area (Å²) in [6.45, 7) is 8.04. The molecule has 3 nitrogen and oxygen atoms in total. The Hall–Kier alpha value is -0.220. The van der Waals surface area contributed by atoms with Gasteiger partial charge in [0.1, 0.15) is 0 Å². The number of piperidine rings is 1. The molecular weight excluding hydrogens is 230 g/mol. The van der Waals surface area contributed by atoms with Crippen molar-refractivity contribution in [3.05, 3.63) is 0 Å². The van der Waals surface area contributed by atoms with Crippen LogP contribution in [0, 0.1) is 0 Å². The largest absolute Gasteiger partial charge is 0.362 e. The van der Waals surface area contributed by atoms with E-state index in [1.165, 1.54) is 31.0 Å². The van der Waals surface area contributed by atoms with Crippen LogP contribution in [-0.4, -0.2) is 47.0 Å². The Morgan fingerprint density at radius 2 is 2.06 bits per heavy atom. The fourth-order valence-electron chi connectivity index (χ4n) is 2.66. The van der Waals surface area contributed by atoms with E-state index in [9.17, 15) is 0 Å². The van der Waals surface area contributed by atoms with Gasteiger partial charge in [-0.15, -0.1) is 0 Å². The van der Waals surface area contributed by atoms with E-state index in [2.05, 4.69) is 38.0 Å². The quantitative estimate of drug-likeness (QED) is 0.779. The normalized spacial score (nSPS) is 42.5. The van der Waals surface area contributed by atoms with E-state index in [1.807, 2.05) is 11.8 Å². The smallest absolute Gasteiger partial charge is 0.157 e. The Morgan fingerprint density at radius 1 is 1.29 bits per heavy atom. The Balaban J connectivity index is 1.94. The molecule has 0 aromatic rings. The average molecular weight is 255 g/mol. The second-order valence-electron chi connectivity index (χ2n) is 5.65. The van der Waals surface area contributed by atoms with Gasteiger partial charge in [0.05, 0.1) is 6.04 Å². The highest BCUT2D eigenvalue weighted by Crippen LogP contribution is 2.25. The van der Waals surface area contributed by atoms with Crippen LogP contribution in [0.4, 0.5) is 0 Å². The minimum atomic E-state index is 0.522. The molecule has 0 spiro atoms. The fourth-order valence-corrected chi connectivity index (χ4v) is 3.90. The van der Waals surface area contributed by atoms with Crippen LogP contribution in [0.1, 0.15) is 40.0 Å². The minimum Gasteiger partial charge on any atom is -0.362 e. The van der Waals surface area contributed by atoms with E-state index in [4.69, 9.17) is 4.99 Å². The number of rotatable bonds is 1. The molecule has 98 valence electrons. The lowest BCUT2D eigenvalue weighted by Crippen LogP contribution is -2.42. The highest BCUT2D eigenvalue weighted by molar-refractivity contribution is 8.14. The third kappa shape index (κ3) is 3.62. The van der Waals surface area contributed by atoms with Crippen molar-refractivity contribution in [1.82, 2.24) is 10.2 Å². The number of amidine groups is 1. The predicted octanol–water partition coefficient (Wildman–Crippen LogP) is 2.33. The molecule has 2 fully saturated rings. The molecule has 1 N–H and O–H groups in total. The predicted molar refractivity (Wildman–Crippen MR) is 76.8 cm³/mol. The molecule has 4 unspecified atom stereocenters. The number of likely N-dealkylation sites (tertiary alicyclic amines) is 1. The SMILES string of the molecule is CC1CC(C)SC(=NC2CCN(C)C(C)C2)N1. The van der Waals surface area contributed by atoms with E-state index in [0.717, 1.165) is 0 Å². The highest BCUT2D eigenvalue weighted by Gasteiger charge is 2.25. The monoisotopic (exact) mass is 255 g/mol. The maximum absolute atomic E-state index is 4.92. The second kappa shape index (κ2) is 5.61. The molecular formula is C13H25N3S. The van der Waals surface area contributed by atoms with Crippen LogP contribution >= 0.6 is 11.8 Å². The zero-order chi connectivity index (χ0) is 12.4. The van der Waals surface area contributed by atoms with E-state index in [-0.39, 0.29) is 0 Å². The summed E-state index contributed by atoms with van der Waals surface area (Å²) in [5.74, 6) is 0. The van der Waals surface area contributed by atoms with Crippen LogP contribution in [-0.2, 0) is 0 Å². The lowest BCUT2D eigenvalue weighted by molar-refractivity contribution is 0.184. The highest BCUT2D eigenvalue weighted by atomic mass is 32.2. The molecule has 0 aromatic heterocycles. The van der Waals surface area contributed by atoms with Crippen molar-refractivity contribution in [2.75, 3.05) is 13.6 Å². The molecule has 0 bridgehead atoms. The molecule has 2 rings (SSSR count). The average Bonchev–Trinajstić information content (AvgIpc) is 2.22. The van der Waals surface area contributed by atoms with Crippen molar-refractivity contribution in [3.63, 3.8) is 0 Å². The molecule has 0 saturated carbocycles. The van der Waals surface area contributed by atoms with Crippen molar-refractivity contribution < 1.29 is 0 Å². The molecule has 2 heterocycles. The maximum Gasteiger partial charge on any atom is 0.157 e. The Bertz CT molecular complexity index is 280. The van der Waals surface area contributed by atoms with E-state index < -0.39 is 0 Å². The standard InChI is InChI=1S/C13H25N3S/c1-9-7-11(3)17-13(14-9)15-12-5-6-16(4)10(2)8-12/h9-12H,5-8H2,1-4H3,(H,14,15). The molecule has 0 aliphatic carbocycles. The van der Waals surface area contributed by atoms with Gasteiger partial charge in [-0.25, -0.2) is 0 Å². The van der Waals surface area contributed by atoms with Crippen molar-refractivity contribution in [3.8, 4) is 0 Å². The van der Waals surface area contributed by atoms with Gasteiger partial charge in [0.15, 0.2) is 5.17 Å². The number of hydrogen-bond donors (Lipinski definition) is 1. The van der Waals surface area contributed by atoms with Gasteiger partial charge in [-0.05, 0) is 40.2 Å². The molecule has 4 atom stereocenters. The van der Waals surface area contributed by atoms with Crippen molar-refractivity contribution in [2.24, 2.45) is 4.99 Å². The lowest BCUT2D eigenvalue weighted by atomic mass is 10.00. The van der Waals surface area contributed by atoms with Crippen LogP contribution in [0.15, 0.2) is 4.99 Å². The van der Waals surface area contributed by atoms with E-state index >= 15 is 0 Å². The van der Waals surface area contributed by atoms with Crippen LogP contribution in [0.3, 0.4) is 0 Å². The number of thioether (sulfide) groups is 1. The first-order chi connectivity index (χ1) is 8.04. The molecule has 4 heteroatoms. The van der Waals surface area contributed by atoms with Crippen molar-refractivity contribution >= 4 is 16.9 Å². The first-order valence-corrected chi connectivity index (χ1v) is 7.63. The van der Waals surface area contributed by atoms with Crippen molar-refractivity contribution in [1.29, 1.82) is 0 Å². The van der Waals surface area contributed by atoms with Gasteiger partial charge in [0.25, 0.3) is 0 Å². The summed E-state index contributed by atoms with van der Waals surface area (Å²) in [7, 11) is 2.21. The molecule has 0 radical (unpaired) electrons. The topological polar surface area (TPSA) is 27.6 Å². The molecule has 2 saturated heterocycles. The Morgan fingerprint density at radius 3 is 2.71 bits per heavy atom. The summed E-state index contributed by atoms with van der Waals surface area (Å²) < 4.78 is 0. The van der Waals surface area contributed by atoms with Crippen LogP contribution in [0.2, 0.25) is 0 Å². The summed E-state index contributed by atoms with van der Waals surface area (Å²) in [5.41, 5.74) is 0. The summed E-state index contributed by atoms with van der Waals surface area (Å²) >= 11 is 1.91.